The Labute approximate surface area is 106 Å². The highest BCUT2D eigenvalue weighted by Crippen LogP contribution is 2.15. The quantitative estimate of drug-likeness (QED) is 0.875. The third kappa shape index (κ3) is 4.68. The van der Waals surface area contributed by atoms with Gasteiger partial charge in [-0.15, -0.1) is 0 Å². The van der Waals surface area contributed by atoms with E-state index in [9.17, 15) is 0 Å². The molecular formula is C12H21BrN2O. The fraction of sp³-hybridized carbons (Fsp3) is 0.667. The first-order valence-electron chi connectivity index (χ1n) is 5.67. The molecule has 0 aliphatic heterocycles. The molecule has 0 bridgehead atoms. The van der Waals surface area contributed by atoms with Crippen LogP contribution in [0.15, 0.2) is 21.2 Å². The number of furan rings is 1. The Morgan fingerprint density at radius 3 is 2.62 bits per heavy atom. The molecule has 1 unspecified atom stereocenters. The van der Waals surface area contributed by atoms with Crippen LogP contribution < -0.4 is 5.73 Å². The maximum absolute atomic E-state index is 6.00. The van der Waals surface area contributed by atoms with Crippen molar-refractivity contribution in [2.45, 2.75) is 32.9 Å². The van der Waals surface area contributed by atoms with Gasteiger partial charge in [-0.25, -0.2) is 0 Å². The zero-order valence-electron chi connectivity index (χ0n) is 10.2. The predicted octanol–water partition coefficient (Wildman–Crippen LogP) is 2.85. The summed E-state index contributed by atoms with van der Waals surface area (Å²) in [6.45, 7) is 6.15. The van der Waals surface area contributed by atoms with Gasteiger partial charge in [0.15, 0.2) is 4.67 Å². The molecule has 0 spiro atoms. The van der Waals surface area contributed by atoms with Gasteiger partial charge in [0.1, 0.15) is 5.76 Å². The Bertz CT molecular complexity index is 312. The number of hydrogen-bond donors (Lipinski definition) is 1. The van der Waals surface area contributed by atoms with Crippen LogP contribution in [0.2, 0.25) is 0 Å². The standard InChI is InChI=1S/C12H21BrN2O/c1-9(2)11(14)6-7-15(3)8-10-4-5-12(13)16-10/h4-5,9,11H,6-8,14H2,1-3H3. The second-order valence-corrected chi connectivity index (χ2v) is 5.42. The number of hydrogen-bond acceptors (Lipinski definition) is 3. The molecule has 1 aromatic heterocycles. The van der Waals surface area contributed by atoms with Crippen LogP contribution in [0.5, 0.6) is 0 Å². The van der Waals surface area contributed by atoms with E-state index in [1.54, 1.807) is 0 Å². The van der Waals surface area contributed by atoms with Crippen molar-refractivity contribution >= 4 is 15.9 Å². The van der Waals surface area contributed by atoms with Crippen LogP contribution in [0.3, 0.4) is 0 Å². The molecule has 4 heteroatoms. The summed E-state index contributed by atoms with van der Waals surface area (Å²) < 4.78 is 6.24. The Kier molecular flexibility index (Phi) is 5.52. The Morgan fingerprint density at radius 1 is 1.44 bits per heavy atom. The van der Waals surface area contributed by atoms with Crippen molar-refractivity contribution in [2.75, 3.05) is 13.6 Å². The molecule has 92 valence electrons. The highest BCUT2D eigenvalue weighted by atomic mass is 79.9. The van der Waals surface area contributed by atoms with E-state index in [0.29, 0.717) is 5.92 Å². The van der Waals surface area contributed by atoms with E-state index in [1.807, 2.05) is 12.1 Å². The average molecular weight is 289 g/mol. The third-order valence-electron chi connectivity index (χ3n) is 2.76. The number of nitrogens with two attached hydrogens (primary N) is 1. The Balaban J connectivity index is 2.28. The molecule has 0 fully saturated rings. The molecular weight excluding hydrogens is 268 g/mol. The highest BCUT2D eigenvalue weighted by molar-refractivity contribution is 9.10. The van der Waals surface area contributed by atoms with Gasteiger partial charge in [0.2, 0.25) is 0 Å². The van der Waals surface area contributed by atoms with Gasteiger partial charge in [-0.05, 0) is 54.0 Å². The summed E-state index contributed by atoms with van der Waals surface area (Å²) in [4.78, 5) is 2.23. The zero-order chi connectivity index (χ0) is 12.1. The van der Waals surface area contributed by atoms with Crippen LogP contribution in [0, 0.1) is 5.92 Å². The molecule has 0 aliphatic carbocycles. The molecule has 3 nitrogen and oxygen atoms in total. The van der Waals surface area contributed by atoms with Crippen LogP contribution in [0.4, 0.5) is 0 Å². The smallest absolute Gasteiger partial charge is 0.169 e. The van der Waals surface area contributed by atoms with E-state index in [0.717, 1.165) is 29.9 Å². The van der Waals surface area contributed by atoms with Crippen molar-refractivity contribution < 1.29 is 4.42 Å². The van der Waals surface area contributed by atoms with Crippen molar-refractivity contribution in [1.82, 2.24) is 4.90 Å². The molecule has 0 saturated heterocycles. The molecule has 16 heavy (non-hydrogen) atoms. The van der Waals surface area contributed by atoms with Gasteiger partial charge in [0.25, 0.3) is 0 Å². The molecule has 1 heterocycles. The lowest BCUT2D eigenvalue weighted by molar-refractivity contribution is 0.271. The van der Waals surface area contributed by atoms with Gasteiger partial charge in [0, 0.05) is 6.04 Å². The molecule has 1 aromatic rings. The maximum Gasteiger partial charge on any atom is 0.169 e. The molecule has 2 N–H and O–H groups in total. The molecule has 0 aromatic carbocycles. The fourth-order valence-electron chi connectivity index (χ4n) is 1.48. The predicted molar refractivity (Wildman–Crippen MR) is 70.2 cm³/mol. The highest BCUT2D eigenvalue weighted by Gasteiger charge is 2.10. The summed E-state index contributed by atoms with van der Waals surface area (Å²) in [5.41, 5.74) is 6.00. The van der Waals surface area contributed by atoms with Crippen molar-refractivity contribution in [3.05, 3.63) is 22.6 Å². The monoisotopic (exact) mass is 288 g/mol. The average Bonchev–Trinajstić information content (AvgIpc) is 2.60. The van der Waals surface area contributed by atoms with Gasteiger partial charge in [-0.2, -0.15) is 0 Å². The summed E-state index contributed by atoms with van der Waals surface area (Å²) in [5, 5.41) is 0. The van der Waals surface area contributed by atoms with E-state index in [2.05, 4.69) is 41.7 Å². The normalized spacial score (nSPS) is 13.7. The van der Waals surface area contributed by atoms with Gasteiger partial charge in [-0.1, -0.05) is 13.8 Å². The van der Waals surface area contributed by atoms with Gasteiger partial charge in [0.05, 0.1) is 6.54 Å². The molecule has 1 atom stereocenters. The summed E-state index contributed by atoms with van der Waals surface area (Å²) in [6.07, 6.45) is 1.02. The van der Waals surface area contributed by atoms with E-state index in [-0.39, 0.29) is 6.04 Å². The van der Waals surface area contributed by atoms with Gasteiger partial charge < -0.3 is 10.2 Å². The number of halogens is 1. The first-order chi connectivity index (χ1) is 7.49. The van der Waals surface area contributed by atoms with Gasteiger partial charge in [-0.3, -0.25) is 4.90 Å². The lowest BCUT2D eigenvalue weighted by Crippen LogP contribution is -2.31. The van der Waals surface area contributed by atoms with E-state index in [1.165, 1.54) is 0 Å². The molecule has 1 rings (SSSR count). The van der Waals surface area contributed by atoms with E-state index < -0.39 is 0 Å². The van der Waals surface area contributed by atoms with Crippen LogP contribution in [-0.2, 0) is 6.54 Å². The van der Waals surface area contributed by atoms with Crippen molar-refractivity contribution in [3.8, 4) is 0 Å². The molecule has 0 aliphatic rings. The minimum atomic E-state index is 0.283. The SMILES string of the molecule is CC(C)C(N)CCN(C)Cc1ccc(Br)o1. The number of nitrogens with zero attached hydrogens (tertiary/aromatic N) is 1. The van der Waals surface area contributed by atoms with E-state index in [4.69, 9.17) is 10.2 Å². The fourth-order valence-corrected chi connectivity index (χ4v) is 1.82. The minimum Gasteiger partial charge on any atom is -0.453 e. The minimum absolute atomic E-state index is 0.283. The Hall–Kier alpha value is -0.320. The van der Waals surface area contributed by atoms with E-state index >= 15 is 0 Å². The second-order valence-electron chi connectivity index (χ2n) is 4.64. The lowest BCUT2D eigenvalue weighted by Gasteiger charge is -2.20. The summed E-state index contributed by atoms with van der Waals surface area (Å²) in [7, 11) is 2.09. The van der Waals surface area contributed by atoms with Crippen molar-refractivity contribution in [3.63, 3.8) is 0 Å². The van der Waals surface area contributed by atoms with Crippen molar-refractivity contribution in [2.24, 2.45) is 11.7 Å². The van der Waals surface area contributed by atoms with Crippen LogP contribution in [0.1, 0.15) is 26.0 Å². The van der Waals surface area contributed by atoms with Crippen LogP contribution >= 0.6 is 15.9 Å². The first kappa shape index (κ1) is 13.7. The Morgan fingerprint density at radius 2 is 2.12 bits per heavy atom. The number of rotatable bonds is 6. The van der Waals surface area contributed by atoms with Gasteiger partial charge >= 0.3 is 0 Å². The molecule has 0 radical (unpaired) electrons. The van der Waals surface area contributed by atoms with Crippen molar-refractivity contribution in [1.29, 1.82) is 0 Å². The third-order valence-corrected chi connectivity index (χ3v) is 3.18. The summed E-state index contributed by atoms with van der Waals surface area (Å²) in [6, 6.07) is 4.19. The van der Waals surface area contributed by atoms with Crippen LogP contribution in [-0.4, -0.2) is 24.5 Å². The topological polar surface area (TPSA) is 42.4 Å². The summed E-state index contributed by atoms with van der Waals surface area (Å²) >= 11 is 3.30. The zero-order valence-corrected chi connectivity index (χ0v) is 11.8. The first-order valence-corrected chi connectivity index (χ1v) is 6.46. The maximum atomic E-state index is 6.00. The summed E-state index contributed by atoms with van der Waals surface area (Å²) in [5.74, 6) is 1.53. The molecule has 0 amide bonds. The molecule has 0 saturated carbocycles. The largest absolute Gasteiger partial charge is 0.453 e. The lowest BCUT2D eigenvalue weighted by atomic mass is 10.0. The van der Waals surface area contributed by atoms with Crippen LogP contribution in [0.25, 0.3) is 0 Å². The second kappa shape index (κ2) is 6.42.